The Morgan fingerprint density at radius 1 is 1.33 bits per heavy atom. The minimum atomic E-state index is -3.73. The van der Waals surface area contributed by atoms with Crippen molar-refractivity contribution in [3.8, 4) is 0 Å². The van der Waals surface area contributed by atoms with Gasteiger partial charge in [-0.05, 0) is 19.1 Å². The van der Waals surface area contributed by atoms with Crippen LogP contribution in [0.3, 0.4) is 0 Å². The zero-order valence-electron chi connectivity index (χ0n) is 9.46. The van der Waals surface area contributed by atoms with Gasteiger partial charge in [0.15, 0.2) is 4.47 Å². The second kappa shape index (κ2) is 5.36. The lowest BCUT2D eigenvalue weighted by Crippen LogP contribution is -2.05. The van der Waals surface area contributed by atoms with Gasteiger partial charge < -0.3 is 0 Å². The van der Waals surface area contributed by atoms with Gasteiger partial charge in [0.25, 0.3) is 10.1 Å². The van der Waals surface area contributed by atoms with Crippen LogP contribution in [-0.4, -0.2) is 13.4 Å². The smallest absolute Gasteiger partial charge is 0.261 e. The van der Waals surface area contributed by atoms with Crippen molar-refractivity contribution in [1.82, 2.24) is 4.98 Å². The fraction of sp³-hybridized carbons (Fsp3) is 0.182. The molecule has 0 amide bonds. The van der Waals surface area contributed by atoms with Crippen LogP contribution in [0.2, 0.25) is 4.47 Å². The summed E-state index contributed by atoms with van der Waals surface area (Å²) >= 11 is 6.84. The monoisotopic (exact) mass is 303 g/mol. The van der Waals surface area contributed by atoms with E-state index in [0.29, 0.717) is 9.34 Å². The molecule has 7 heteroatoms. The normalized spacial score (nSPS) is 11.7. The zero-order chi connectivity index (χ0) is 13.2. The molecule has 0 unspecified atom stereocenters. The van der Waals surface area contributed by atoms with E-state index in [0.717, 1.165) is 5.56 Å². The summed E-state index contributed by atoms with van der Waals surface area (Å²) in [7, 11) is -3.73. The Hall–Kier alpha value is -0.950. The fourth-order valence-electron chi connectivity index (χ4n) is 1.26. The van der Waals surface area contributed by atoms with Crippen molar-refractivity contribution in [2.45, 2.75) is 18.4 Å². The lowest BCUT2D eigenvalue weighted by atomic mass is 10.2. The predicted molar refractivity (Wildman–Crippen MR) is 70.3 cm³/mol. The van der Waals surface area contributed by atoms with E-state index in [1.165, 1.54) is 29.7 Å². The highest BCUT2D eigenvalue weighted by molar-refractivity contribution is 7.86. The molecular formula is C11H10ClNO3S2. The first-order valence-electron chi connectivity index (χ1n) is 5.04. The van der Waals surface area contributed by atoms with E-state index in [1.807, 2.05) is 6.92 Å². The topological polar surface area (TPSA) is 56.3 Å². The lowest BCUT2D eigenvalue weighted by molar-refractivity contribution is 0.311. The summed E-state index contributed by atoms with van der Waals surface area (Å²) in [6.07, 6.45) is 1.50. The van der Waals surface area contributed by atoms with Gasteiger partial charge in [-0.1, -0.05) is 29.3 Å². The third-order valence-corrected chi connectivity index (χ3v) is 4.56. The molecule has 0 aliphatic rings. The summed E-state index contributed by atoms with van der Waals surface area (Å²) in [6.45, 7) is 1.83. The molecule has 2 rings (SSSR count). The maximum absolute atomic E-state index is 11.9. The molecule has 0 spiro atoms. The van der Waals surface area contributed by atoms with Gasteiger partial charge >= 0.3 is 0 Å². The molecule has 0 atom stereocenters. The molecule has 0 saturated carbocycles. The number of hydrogen-bond acceptors (Lipinski definition) is 5. The van der Waals surface area contributed by atoms with Gasteiger partial charge in [-0.2, -0.15) is 8.42 Å². The SMILES string of the molecule is Cc1ccc(S(=O)(=O)OCc2cnc(Cl)s2)cc1. The van der Waals surface area contributed by atoms with Gasteiger partial charge in [-0.15, -0.1) is 11.3 Å². The van der Waals surface area contributed by atoms with Crippen molar-refractivity contribution in [2.24, 2.45) is 0 Å². The number of rotatable bonds is 4. The quantitative estimate of drug-likeness (QED) is 0.815. The van der Waals surface area contributed by atoms with Crippen LogP contribution >= 0.6 is 22.9 Å². The summed E-state index contributed by atoms with van der Waals surface area (Å²) in [6, 6.07) is 6.48. The molecule has 1 aromatic carbocycles. The fourth-order valence-corrected chi connectivity index (χ4v) is 3.11. The Kier molecular flexibility index (Phi) is 4.01. The largest absolute Gasteiger partial charge is 0.297 e. The Balaban J connectivity index is 2.10. The number of aryl methyl sites for hydroxylation is 1. The zero-order valence-corrected chi connectivity index (χ0v) is 11.8. The molecule has 2 aromatic rings. The van der Waals surface area contributed by atoms with Crippen molar-refractivity contribution in [3.63, 3.8) is 0 Å². The Morgan fingerprint density at radius 3 is 2.56 bits per heavy atom. The molecule has 96 valence electrons. The van der Waals surface area contributed by atoms with Crippen molar-refractivity contribution in [2.75, 3.05) is 0 Å². The molecule has 0 N–H and O–H groups in total. The third kappa shape index (κ3) is 3.29. The van der Waals surface area contributed by atoms with E-state index >= 15 is 0 Å². The van der Waals surface area contributed by atoms with Crippen LogP contribution in [0.15, 0.2) is 35.4 Å². The van der Waals surface area contributed by atoms with E-state index in [9.17, 15) is 8.42 Å². The summed E-state index contributed by atoms with van der Waals surface area (Å²) < 4.78 is 29.0. The van der Waals surface area contributed by atoms with E-state index in [4.69, 9.17) is 15.8 Å². The van der Waals surface area contributed by atoms with Gasteiger partial charge in [0, 0.05) is 6.20 Å². The lowest BCUT2D eigenvalue weighted by Gasteiger charge is -2.04. The molecular weight excluding hydrogens is 294 g/mol. The molecule has 18 heavy (non-hydrogen) atoms. The van der Waals surface area contributed by atoms with Crippen molar-refractivity contribution in [3.05, 3.63) is 45.4 Å². The molecule has 0 radical (unpaired) electrons. The molecule has 0 saturated heterocycles. The number of aromatic nitrogens is 1. The molecule has 0 bridgehead atoms. The number of nitrogens with zero attached hydrogens (tertiary/aromatic N) is 1. The van der Waals surface area contributed by atoms with E-state index in [1.54, 1.807) is 12.1 Å². The van der Waals surface area contributed by atoms with Gasteiger partial charge in [0.2, 0.25) is 0 Å². The van der Waals surface area contributed by atoms with Crippen molar-refractivity contribution in [1.29, 1.82) is 0 Å². The summed E-state index contributed by atoms with van der Waals surface area (Å²) in [5.74, 6) is 0. The van der Waals surface area contributed by atoms with Crippen LogP contribution in [0, 0.1) is 6.92 Å². The van der Waals surface area contributed by atoms with Crippen LogP contribution in [0.1, 0.15) is 10.4 Å². The Bertz CT molecular complexity index is 635. The second-order valence-electron chi connectivity index (χ2n) is 3.61. The van der Waals surface area contributed by atoms with Crippen LogP contribution in [-0.2, 0) is 20.9 Å². The molecule has 0 aliphatic carbocycles. The first kappa shape index (κ1) is 13.5. The molecule has 1 heterocycles. The second-order valence-corrected chi connectivity index (χ2v) is 6.92. The number of halogens is 1. The highest BCUT2D eigenvalue weighted by Crippen LogP contribution is 2.21. The maximum atomic E-state index is 11.9. The van der Waals surface area contributed by atoms with Crippen molar-refractivity contribution >= 4 is 33.1 Å². The standard InChI is InChI=1S/C11H10ClNO3S2/c1-8-2-4-10(5-3-8)18(14,15)16-7-9-6-13-11(12)17-9/h2-6H,7H2,1H3. The van der Waals surface area contributed by atoms with E-state index < -0.39 is 10.1 Å². The van der Waals surface area contributed by atoms with Crippen LogP contribution in [0.5, 0.6) is 0 Å². The number of hydrogen-bond donors (Lipinski definition) is 0. The van der Waals surface area contributed by atoms with Gasteiger partial charge in [0.05, 0.1) is 9.77 Å². The predicted octanol–water partition coefficient (Wildman–Crippen LogP) is 3.01. The summed E-state index contributed by atoms with van der Waals surface area (Å²) in [5.41, 5.74) is 0.989. The number of thiazole rings is 1. The maximum Gasteiger partial charge on any atom is 0.297 e. The third-order valence-electron chi connectivity index (χ3n) is 2.19. The van der Waals surface area contributed by atoms with Crippen molar-refractivity contribution < 1.29 is 12.6 Å². The molecule has 0 fully saturated rings. The molecule has 4 nitrogen and oxygen atoms in total. The Labute approximate surface area is 114 Å². The summed E-state index contributed by atoms with van der Waals surface area (Å²) in [5, 5.41) is 0. The molecule has 1 aromatic heterocycles. The highest BCUT2D eigenvalue weighted by Gasteiger charge is 2.15. The number of benzene rings is 1. The molecule has 0 aliphatic heterocycles. The van der Waals surface area contributed by atoms with Crippen LogP contribution in [0.4, 0.5) is 0 Å². The first-order chi connectivity index (χ1) is 8.47. The van der Waals surface area contributed by atoms with Gasteiger partial charge in [-0.3, -0.25) is 4.18 Å². The Morgan fingerprint density at radius 2 is 2.00 bits per heavy atom. The minimum Gasteiger partial charge on any atom is -0.261 e. The van der Waals surface area contributed by atoms with Gasteiger partial charge in [-0.25, -0.2) is 4.98 Å². The summed E-state index contributed by atoms with van der Waals surface area (Å²) in [4.78, 5) is 4.62. The average Bonchev–Trinajstić information content (AvgIpc) is 2.73. The first-order valence-corrected chi connectivity index (χ1v) is 7.64. The van der Waals surface area contributed by atoms with Gasteiger partial charge in [0.1, 0.15) is 6.61 Å². The van der Waals surface area contributed by atoms with Crippen LogP contribution < -0.4 is 0 Å². The highest BCUT2D eigenvalue weighted by atomic mass is 35.5. The average molecular weight is 304 g/mol. The van der Waals surface area contributed by atoms with E-state index in [-0.39, 0.29) is 11.5 Å². The van der Waals surface area contributed by atoms with Crippen LogP contribution in [0.25, 0.3) is 0 Å². The van der Waals surface area contributed by atoms with E-state index in [2.05, 4.69) is 4.98 Å². The minimum absolute atomic E-state index is 0.0550.